The SMILES string of the molecule is CCc1ccccc1NC(=O)Cn1nc(CC)c(CC)c(C#N)c1=O. The third-order valence-corrected chi connectivity index (χ3v) is 4.11. The van der Waals surface area contributed by atoms with Crippen LogP contribution in [0.2, 0.25) is 0 Å². The minimum Gasteiger partial charge on any atom is -0.324 e. The van der Waals surface area contributed by atoms with E-state index in [-0.39, 0.29) is 18.0 Å². The number of carbonyl (C=O) groups excluding carboxylic acids is 1. The van der Waals surface area contributed by atoms with Gasteiger partial charge < -0.3 is 5.32 Å². The predicted octanol–water partition coefficient (Wildman–Crippen LogP) is 2.44. The molecule has 2 aromatic rings. The van der Waals surface area contributed by atoms with E-state index in [4.69, 9.17) is 0 Å². The van der Waals surface area contributed by atoms with Gasteiger partial charge in [-0.3, -0.25) is 9.59 Å². The fourth-order valence-electron chi connectivity index (χ4n) is 2.82. The molecule has 0 bridgehead atoms. The summed E-state index contributed by atoms with van der Waals surface area (Å²) in [5.41, 5.74) is 2.66. The summed E-state index contributed by atoms with van der Waals surface area (Å²) in [4.78, 5) is 24.8. The molecule has 0 radical (unpaired) electrons. The van der Waals surface area contributed by atoms with Crippen LogP contribution >= 0.6 is 0 Å². The van der Waals surface area contributed by atoms with Gasteiger partial charge in [-0.15, -0.1) is 0 Å². The number of benzene rings is 1. The van der Waals surface area contributed by atoms with Crippen LogP contribution in [0.15, 0.2) is 29.1 Å². The standard InChI is InChI=1S/C19H22N4O2/c1-4-13-9-7-8-10-17(13)21-18(24)12-23-19(25)15(11-20)14(5-2)16(6-3)22-23/h7-10H,4-6,12H2,1-3H3,(H,21,24). The number of para-hydroxylation sites is 1. The van der Waals surface area contributed by atoms with Crippen LogP contribution in [0.4, 0.5) is 5.69 Å². The Balaban J connectivity index is 2.32. The summed E-state index contributed by atoms with van der Waals surface area (Å²) in [6.07, 6.45) is 1.95. The van der Waals surface area contributed by atoms with Gasteiger partial charge in [0.05, 0.1) is 5.69 Å². The van der Waals surface area contributed by atoms with Crippen molar-refractivity contribution in [2.75, 3.05) is 5.32 Å². The molecule has 0 saturated carbocycles. The van der Waals surface area contributed by atoms with E-state index in [0.29, 0.717) is 24.1 Å². The van der Waals surface area contributed by atoms with Gasteiger partial charge in [0.2, 0.25) is 5.91 Å². The van der Waals surface area contributed by atoms with Gasteiger partial charge >= 0.3 is 0 Å². The molecule has 6 nitrogen and oxygen atoms in total. The number of nitrogens with zero attached hydrogens (tertiary/aromatic N) is 3. The van der Waals surface area contributed by atoms with Crippen LogP contribution in [0.3, 0.4) is 0 Å². The van der Waals surface area contributed by atoms with Gasteiger partial charge in [0.15, 0.2) is 0 Å². The Morgan fingerprint density at radius 3 is 2.52 bits per heavy atom. The Bertz CT molecular complexity index is 878. The van der Waals surface area contributed by atoms with Crippen molar-refractivity contribution in [1.29, 1.82) is 5.26 Å². The number of anilines is 1. The van der Waals surface area contributed by atoms with Gasteiger partial charge in [0.1, 0.15) is 18.2 Å². The monoisotopic (exact) mass is 338 g/mol. The van der Waals surface area contributed by atoms with Crippen molar-refractivity contribution < 1.29 is 4.79 Å². The molecule has 0 unspecified atom stereocenters. The van der Waals surface area contributed by atoms with Crippen LogP contribution < -0.4 is 10.9 Å². The predicted molar refractivity (Wildman–Crippen MR) is 96.4 cm³/mol. The van der Waals surface area contributed by atoms with Gasteiger partial charge in [-0.05, 0) is 36.5 Å². The zero-order chi connectivity index (χ0) is 18.4. The number of rotatable bonds is 6. The molecular weight excluding hydrogens is 316 g/mol. The van der Waals surface area contributed by atoms with Gasteiger partial charge in [0, 0.05) is 5.69 Å². The lowest BCUT2D eigenvalue weighted by Gasteiger charge is -2.13. The van der Waals surface area contributed by atoms with Crippen LogP contribution in [-0.4, -0.2) is 15.7 Å². The van der Waals surface area contributed by atoms with Crippen molar-refractivity contribution in [2.45, 2.75) is 46.6 Å². The summed E-state index contributed by atoms with van der Waals surface area (Å²) in [7, 11) is 0. The highest BCUT2D eigenvalue weighted by Gasteiger charge is 2.17. The summed E-state index contributed by atoms with van der Waals surface area (Å²) >= 11 is 0. The Kier molecular flexibility index (Phi) is 6.07. The van der Waals surface area contributed by atoms with Crippen molar-refractivity contribution in [3.63, 3.8) is 0 Å². The lowest BCUT2D eigenvalue weighted by Crippen LogP contribution is -2.33. The maximum Gasteiger partial charge on any atom is 0.285 e. The molecule has 0 saturated heterocycles. The van der Waals surface area contributed by atoms with Crippen molar-refractivity contribution in [1.82, 2.24) is 9.78 Å². The smallest absolute Gasteiger partial charge is 0.285 e. The molecular formula is C19H22N4O2. The number of hydrogen-bond acceptors (Lipinski definition) is 4. The molecule has 1 amide bonds. The normalized spacial score (nSPS) is 10.3. The van der Waals surface area contributed by atoms with Crippen LogP contribution in [-0.2, 0) is 30.6 Å². The number of carbonyl (C=O) groups is 1. The van der Waals surface area contributed by atoms with E-state index in [9.17, 15) is 14.9 Å². The number of hydrogen-bond donors (Lipinski definition) is 1. The molecule has 0 aliphatic rings. The van der Waals surface area contributed by atoms with E-state index in [1.807, 2.05) is 51.1 Å². The molecule has 1 aromatic carbocycles. The number of aromatic nitrogens is 2. The third-order valence-electron chi connectivity index (χ3n) is 4.11. The third kappa shape index (κ3) is 3.94. The number of nitriles is 1. The largest absolute Gasteiger partial charge is 0.324 e. The average Bonchev–Trinajstić information content (AvgIpc) is 2.63. The van der Waals surface area contributed by atoms with Gasteiger partial charge in [-0.25, -0.2) is 4.68 Å². The van der Waals surface area contributed by atoms with Crippen LogP contribution in [0.25, 0.3) is 0 Å². The molecule has 0 aliphatic carbocycles. The van der Waals surface area contributed by atoms with Crippen molar-refractivity contribution in [3.8, 4) is 6.07 Å². The molecule has 0 spiro atoms. The van der Waals surface area contributed by atoms with E-state index in [1.54, 1.807) is 0 Å². The van der Waals surface area contributed by atoms with Crippen LogP contribution in [0, 0.1) is 11.3 Å². The number of aryl methyl sites for hydroxylation is 2. The molecule has 0 aliphatic heterocycles. The first-order valence-electron chi connectivity index (χ1n) is 8.46. The quantitative estimate of drug-likeness (QED) is 0.876. The van der Waals surface area contributed by atoms with Crippen LogP contribution in [0.5, 0.6) is 0 Å². The lowest BCUT2D eigenvalue weighted by molar-refractivity contribution is -0.117. The van der Waals surface area contributed by atoms with E-state index >= 15 is 0 Å². The summed E-state index contributed by atoms with van der Waals surface area (Å²) in [5, 5.41) is 16.4. The molecule has 0 atom stereocenters. The first-order valence-corrected chi connectivity index (χ1v) is 8.46. The zero-order valence-electron chi connectivity index (χ0n) is 14.8. The minimum atomic E-state index is -0.518. The maximum atomic E-state index is 12.5. The molecule has 1 aromatic heterocycles. The molecule has 0 fully saturated rings. The highest BCUT2D eigenvalue weighted by Crippen LogP contribution is 2.15. The van der Waals surface area contributed by atoms with Gasteiger partial charge in [0.25, 0.3) is 5.56 Å². The molecule has 2 rings (SSSR count). The number of nitrogens with one attached hydrogen (secondary N) is 1. The Hall–Kier alpha value is -2.94. The second kappa shape index (κ2) is 8.25. The first-order chi connectivity index (χ1) is 12.0. The summed E-state index contributed by atoms with van der Waals surface area (Å²) in [6.45, 7) is 5.58. The summed E-state index contributed by atoms with van der Waals surface area (Å²) in [5.74, 6) is -0.342. The topological polar surface area (TPSA) is 87.8 Å². The Morgan fingerprint density at radius 2 is 1.92 bits per heavy atom. The maximum absolute atomic E-state index is 12.5. The average molecular weight is 338 g/mol. The molecule has 25 heavy (non-hydrogen) atoms. The molecule has 1 heterocycles. The molecule has 130 valence electrons. The highest BCUT2D eigenvalue weighted by molar-refractivity contribution is 5.91. The van der Waals surface area contributed by atoms with Crippen molar-refractivity contribution in [3.05, 3.63) is 57.0 Å². The van der Waals surface area contributed by atoms with Crippen molar-refractivity contribution in [2.24, 2.45) is 0 Å². The van der Waals surface area contributed by atoms with E-state index in [0.717, 1.165) is 22.4 Å². The Labute approximate surface area is 147 Å². The second-order valence-electron chi connectivity index (χ2n) is 5.64. The van der Waals surface area contributed by atoms with E-state index in [2.05, 4.69) is 10.4 Å². The molecule has 1 N–H and O–H groups in total. The van der Waals surface area contributed by atoms with Crippen molar-refractivity contribution >= 4 is 11.6 Å². The van der Waals surface area contributed by atoms with Gasteiger partial charge in [-0.2, -0.15) is 10.4 Å². The zero-order valence-corrected chi connectivity index (χ0v) is 14.8. The number of amides is 1. The summed E-state index contributed by atoms with van der Waals surface area (Å²) in [6, 6.07) is 9.49. The highest BCUT2D eigenvalue weighted by atomic mass is 16.2. The van der Waals surface area contributed by atoms with Gasteiger partial charge in [-0.1, -0.05) is 39.0 Å². The second-order valence-corrected chi connectivity index (χ2v) is 5.64. The fraction of sp³-hybridized carbons (Fsp3) is 0.368. The fourth-order valence-corrected chi connectivity index (χ4v) is 2.82. The van der Waals surface area contributed by atoms with E-state index in [1.165, 1.54) is 0 Å². The minimum absolute atomic E-state index is 0.0797. The lowest BCUT2D eigenvalue weighted by atomic mass is 10.0. The van der Waals surface area contributed by atoms with Crippen LogP contribution in [0.1, 0.15) is 43.2 Å². The Morgan fingerprint density at radius 1 is 1.20 bits per heavy atom. The molecule has 6 heteroatoms. The summed E-state index contributed by atoms with van der Waals surface area (Å²) < 4.78 is 1.08. The first kappa shape index (κ1) is 18.4. The van der Waals surface area contributed by atoms with E-state index < -0.39 is 5.56 Å².